The van der Waals surface area contributed by atoms with E-state index >= 15 is 0 Å². The molecular formula is C21H18N2O3S2. The third kappa shape index (κ3) is 3.90. The zero-order valence-corrected chi connectivity index (χ0v) is 16.8. The van der Waals surface area contributed by atoms with Crippen LogP contribution in [0.15, 0.2) is 64.4 Å². The molecule has 4 rings (SSSR count). The normalized spacial score (nSPS) is 16.1. The first kappa shape index (κ1) is 18.6. The number of esters is 1. The zero-order valence-electron chi connectivity index (χ0n) is 15.2. The van der Waals surface area contributed by atoms with Gasteiger partial charge in [0.05, 0.1) is 22.2 Å². The number of hydrazone groups is 1. The minimum atomic E-state index is -0.508. The Hall–Kier alpha value is -2.77. The fourth-order valence-electron chi connectivity index (χ4n) is 3.08. The Morgan fingerprint density at radius 3 is 2.68 bits per heavy atom. The monoisotopic (exact) mass is 410 g/mol. The molecule has 1 aliphatic heterocycles. The summed E-state index contributed by atoms with van der Waals surface area (Å²) in [6.45, 7) is 1.56. The van der Waals surface area contributed by atoms with E-state index in [1.54, 1.807) is 40.9 Å². The summed E-state index contributed by atoms with van der Waals surface area (Å²) >= 11 is 3.19. The van der Waals surface area contributed by atoms with Crippen molar-refractivity contribution < 1.29 is 14.3 Å². The average Bonchev–Trinajstić information content (AvgIpc) is 3.46. The Kier molecular flexibility index (Phi) is 5.36. The summed E-state index contributed by atoms with van der Waals surface area (Å²) in [6, 6.07) is 14.9. The van der Waals surface area contributed by atoms with E-state index in [9.17, 15) is 9.59 Å². The molecule has 0 spiro atoms. The van der Waals surface area contributed by atoms with Crippen molar-refractivity contribution in [3.8, 4) is 0 Å². The number of rotatable bonds is 5. The number of carbonyl (C=O) groups excluding carboxylic acids is 2. The smallest absolute Gasteiger partial charge is 0.338 e. The van der Waals surface area contributed by atoms with E-state index < -0.39 is 5.97 Å². The molecule has 0 radical (unpaired) electrons. The minimum absolute atomic E-state index is 0.165. The lowest BCUT2D eigenvalue weighted by Gasteiger charge is -2.20. The fraction of sp³-hybridized carbons (Fsp3) is 0.190. The van der Waals surface area contributed by atoms with Crippen molar-refractivity contribution in [2.75, 3.05) is 6.61 Å². The van der Waals surface area contributed by atoms with Gasteiger partial charge < -0.3 is 4.74 Å². The predicted octanol–water partition coefficient (Wildman–Crippen LogP) is 4.65. The molecule has 0 bridgehead atoms. The number of nitrogens with zero attached hydrogens (tertiary/aromatic N) is 2. The van der Waals surface area contributed by atoms with Gasteiger partial charge in [0.15, 0.2) is 6.61 Å². The van der Waals surface area contributed by atoms with Crippen LogP contribution in [0.3, 0.4) is 0 Å². The van der Waals surface area contributed by atoms with Gasteiger partial charge in [-0.1, -0.05) is 29.8 Å². The number of thiophene rings is 2. The van der Waals surface area contributed by atoms with Crippen LogP contribution in [0.5, 0.6) is 0 Å². The maximum absolute atomic E-state index is 12.8. The highest BCUT2D eigenvalue weighted by Gasteiger charge is 2.34. The van der Waals surface area contributed by atoms with E-state index in [2.05, 4.69) is 5.10 Å². The van der Waals surface area contributed by atoms with Gasteiger partial charge in [-0.25, -0.2) is 9.80 Å². The third-order valence-electron chi connectivity index (χ3n) is 4.42. The van der Waals surface area contributed by atoms with Crippen LogP contribution in [0.1, 0.15) is 38.1 Å². The second-order valence-corrected chi connectivity index (χ2v) is 8.37. The van der Waals surface area contributed by atoms with E-state index in [1.807, 2.05) is 48.0 Å². The summed E-state index contributed by atoms with van der Waals surface area (Å²) in [5, 5.41) is 10.00. The van der Waals surface area contributed by atoms with Crippen LogP contribution >= 0.6 is 22.7 Å². The Morgan fingerprint density at radius 1 is 1.14 bits per heavy atom. The van der Waals surface area contributed by atoms with Crippen LogP contribution in [-0.2, 0) is 9.53 Å². The number of ether oxygens (including phenoxy) is 1. The highest BCUT2D eigenvalue weighted by atomic mass is 32.1. The lowest BCUT2D eigenvalue weighted by atomic mass is 10.1. The molecule has 142 valence electrons. The van der Waals surface area contributed by atoms with Crippen LogP contribution in [0, 0.1) is 6.92 Å². The third-order valence-corrected chi connectivity index (χ3v) is 6.32. The molecule has 1 aliphatic rings. The molecule has 0 saturated heterocycles. The standard InChI is InChI=1S/C21H18N2O3S2/c1-14-5-2-6-15(11-14)21(25)26-13-20(24)23-17(19-8-4-10-28-19)12-16(22-23)18-7-3-9-27-18/h2-11,17H,12-13H2,1H3/t17-/m0/s1. The molecule has 3 heterocycles. The van der Waals surface area contributed by atoms with Crippen molar-refractivity contribution in [1.29, 1.82) is 0 Å². The Morgan fingerprint density at radius 2 is 1.96 bits per heavy atom. The average molecular weight is 411 g/mol. The molecule has 1 atom stereocenters. The summed E-state index contributed by atoms with van der Waals surface area (Å²) < 4.78 is 5.26. The quantitative estimate of drug-likeness (QED) is 0.575. The Balaban J connectivity index is 1.49. The molecule has 28 heavy (non-hydrogen) atoms. The van der Waals surface area contributed by atoms with Crippen molar-refractivity contribution in [1.82, 2.24) is 5.01 Å². The number of hydrogen-bond donors (Lipinski definition) is 0. The Bertz CT molecular complexity index is 1010. The molecule has 0 aliphatic carbocycles. The van der Waals surface area contributed by atoms with E-state index in [1.165, 1.54) is 5.01 Å². The highest BCUT2D eigenvalue weighted by molar-refractivity contribution is 7.12. The second kappa shape index (κ2) is 8.08. The van der Waals surface area contributed by atoms with E-state index in [0.717, 1.165) is 21.0 Å². The SMILES string of the molecule is Cc1cccc(C(=O)OCC(=O)N2N=C(c3cccs3)C[C@H]2c2cccs2)c1. The van der Waals surface area contributed by atoms with Crippen molar-refractivity contribution in [2.24, 2.45) is 5.10 Å². The zero-order chi connectivity index (χ0) is 19.5. The highest BCUT2D eigenvalue weighted by Crippen LogP contribution is 2.35. The van der Waals surface area contributed by atoms with Gasteiger partial charge in [0.25, 0.3) is 5.91 Å². The fourth-order valence-corrected chi connectivity index (χ4v) is 4.62. The number of aryl methyl sites for hydroxylation is 1. The molecule has 1 aromatic carbocycles. The first-order valence-electron chi connectivity index (χ1n) is 8.82. The molecule has 5 nitrogen and oxygen atoms in total. The minimum Gasteiger partial charge on any atom is -0.452 e. The molecule has 2 aromatic heterocycles. The van der Waals surface area contributed by atoms with Gasteiger partial charge in [-0.2, -0.15) is 5.10 Å². The molecule has 1 amide bonds. The van der Waals surface area contributed by atoms with Crippen LogP contribution in [0.2, 0.25) is 0 Å². The van der Waals surface area contributed by atoms with Crippen LogP contribution < -0.4 is 0 Å². The van der Waals surface area contributed by atoms with Gasteiger partial charge in [0.2, 0.25) is 0 Å². The summed E-state index contributed by atoms with van der Waals surface area (Å²) in [4.78, 5) is 27.2. The molecule has 0 saturated carbocycles. The summed E-state index contributed by atoms with van der Waals surface area (Å²) in [5.41, 5.74) is 2.28. The van der Waals surface area contributed by atoms with Crippen molar-refractivity contribution in [3.05, 3.63) is 80.2 Å². The number of carbonyl (C=O) groups is 2. The predicted molar refractivity (Wildman–Crippen MR) is 111 cm³/mol. The summed E-state index contributed by atoms with van der Waals surface area (Å²) in [6.07, 6.45) is 0.651. The van der Waals surface area contributed by atoms with Crippen molar-refractivity contribution in [2.45, 2.75) is 19.4 Å². The molecule has 7 heteroatoms. The van der Waals surface area contributed by atoms with Crippen LogP contribution in [-0.4, -0.2) is 29.2 Å². The van der Waals surface area contributed by atoms with Crippen molar-refractivity contribution >= 4 is 40.3 Å². The van der Waals surface area contributed by atoms with E-state index in [-0.39, 0.29) is 18.6 Å². The van der Waals surface area contributed by atoms with E-state index in [0.29, 0.717) is 12.0 Å². The maximum atomic E-state index is 12.8. The van der Waals surface area contributed by atoms with Crippen molar-refractivity contribution in [3.63, 3.8) is 0 Å². The summed E-state index contributed by atoms with van der Waals surface area (Å²) in [7, 11) is 0. The largest absolute Gasteiger partial charge is 0.452 e. The topological polar surface area (TPSA) is 59.0 Å². The number of amides is 1. The number of hydrogen-bond acceptors (Lipinski definition) is 6. The first-order chi connectivity index (χ1) is 13.6. The van der Waals surface area contributed by atoms with Gasteiger partial charge >= 0.3 is 5.97 Å². The van der Waals surface area contributed by atoms with Gasteiger partial charge in [0, 0.05) is 11.3 Å². The lowest BCUT2D eigenvalue weighted by molar-refractivity contribution is -0.136. The lowest BCUT2D eigenvalue weighted by Crippen LogP contribution is -2.31. The molecule has 0 N–H and O–H groups in total. The molecule has 3 aromatic rings. The van der Waals surface area contributed by atoms with Gasteiger partial charge in [0.1, 0.15) is 0 Å². The maximum Gasteiger partial charge on any atom is 0.338 e. The van der Waals surface area contributed by atoms with Gasteiger partial charge in [-0.05, 0) is 41.9 Å². The molecule has 0 unspecified atom stereocenters. The van der Waals surface area contributed by atoms with Crippen LogP contribution in [0.25, 0.3) is 0 Å². The first-order valence-corrected chi connectivity index (χ1v) is 10.6. The van der Waals surface area contributed by atoms with Gasteiger partial charge in [-0.3, -0.25) is 4.79 Å². The molecule has 0 fully saturated rings. The number of benzene rings is 1. The Labute approximate surface area is 170 Å². The summed E-state index contributed by atoms with van der Waals surface area (Å²) in [5.74, 6) is -0.836. The second-order valence-electron chi connectivity index (χ2n) is 6.44. The van der Waals surface area contributed by atoms with Crippen LogP contribution in [0.4, 0.5) is 0 Å². The molecular weight excluding hydrogens is 392 g/mol. The van der Waals surface area contributed by atoms with E-state index in [4.69, 9.17) is 4.74 Å². The van der Waals surface area contributed by atoms with Gasteiger partial charge in [-0.15, -0.1) is 22.7 Å².